The topological polar surface area (TPSA) is 72.7 Å². The van der Waals surface area contributed by atoms with Gasteiger partial charge < -0.3 is 14.5 Å². The fourth-order valence-corrected chi connectivity index (χ4v) is 2.89. The minimum absolute atomic E-state index is 0.248. The van der Waals surface area contributed by atoms with Crippen LogP contribution in [0.5, 0.6) is 0 Å². The zero-order chi connectivity index (χ0) is 19.4. The van der Waals surface area contributed by atoms with E-state index in [-0.39, 0.29) is 5.91 Å². The van der Waals surface area contributed by atoms with Crippen LogP contribution in [0.15, 0.2) is 42.6 Å². The number of hydrogen-bond acceptors (Lipinski definition) is 4. The predicted molar refractivity (Wildman–Crippen MR) is 104 cm³/mol. The number of nitrogens with one attached hydrogen (secondary N) is 1. The molecule has 0 aliphatic carbocycles. The fourth-order valence-electron chi connectivity index (χ4n) is 2.89. The molecule has 0 radical (unpaired) electrons. The number of rotatable bonds is 6. The fraction of sp³-hybridized carbons (Fsp3) is 0.286. The second-order valence-corrected chi connectivity index (χ2v) is 6.31. The molecule has 0 fully saturated rings. The summed E-state index contributed by atoms with van der Waals surface area (Å²) in [6.45, 7) is 6.36. The summed E-state index contributed by atoms with van der Waals surface area (Å²) in [5.74, 6) is -0.641. The van der Waals surface area contributed by atoms with Gasteiger partial charge in [-0.05, 0) is 50.1 Å². The summed E-state index contributed by atoms with van der Waals surface area (Å²) in [5, 5.41) is 2.83. The number of nitrogens with zero attached hydrogens (tertiary/aromatic N) is 2. The highest BCUT2D eigenvalue weighted by atomic mass is 16.5. The summed E-state index contributed by atoms with van der Waals surface area (Å²) in [6, 6.07) is 10.3. The third-order valence-corrected chi connectivity index (χ3v) is 4.35. The molecule has 1 N–H and O–H groups in total. The van der Waals surface area contributed by atoms with Crippen molar-refractivity contribution in [2.45, 2.75) is 33.6 Å². The lowest BCUT2D eigenvalue weighted by atomic mass is 10.2. The molecule has 1 aromatic carbocycles. The van der Waals surface area contributed by atoms with Crippen molar-refractivity contribution in [2.24, 2.45) is 0 Å². The second kappa shape index (κ2) is 8.03. The van der Waals surface area contributed by atoms with Gasteiger partial charge in [-0.25, -0.2) is 9.78 Å². The summed E-state index contributed by atoms with van der Waals surface area (Å²) in [6.07, 6.45) is 3.39. The minimum atomic E-state index is -0.393. The Morgan fingerprint density at radius 2 is 1.96 bits per heavy atom. The van der Waals surface area contributed by atoms with Gasteiger partial charge in [-0.15, -0.1) is 0 Å². The van der Waals surface area contributed by atoms with Crippen molar-refractivity contribution < 1.29 is 14.3 Å². The van der Waals surface area contributed by atoms with E-state index < -0.39 is 5.97 Å². The van der Waals surface area contributed by atoms with Gasteiger partial charge in [-0.3, -0.25) is 4.79 Å². The van der Waals surface area contributed by atoms with Crippen molar-refractivity contribution in [3.8, 4) is 0 Å². The SMILES string of the molecule is CCCOC(=O)c1cccc(NC(=O)c2ccc3nc(CC)c(C)n3c2)c1. The Balaban J connectivity index is 1.80. The van der Waals surface area contributed by atoms with Crippen LogP contribution >= 0.6 is 0 Å². The van der Waals surface area contributed by atoms with Gasteiger partial charge in [0.2, 0.25) is 0 Å². The maximum atomic E-state index is 12.6. The van der Waals surface area contributed by atoms with Crippen LogP contribution in [0.2, 0.25) is 0 Å². The second-order valence-electron chi connectivity index (χ2n) is 6.31. The maximum absolute atomic E-state index is 12.6. The van der Waals surface area contributed by atoms with E-state index in [2.05, 4.69) is 17.2 Å². The molecule has 0 saturated heterocycles. The van der Waals surface area contributed by atoms with Crippen molar-refractivity contribution >= 4 is 23.2 Å². The number of benzene rings is 1. The lowest BCUT2D eigenvalue weighted by Gasteiger charge is -2.08. The van der Waals surface area contributed by atoms with Gasteiger partial charge in [0.1, 0.15) is 5.65 Å². The quantitative estimate of drug-likeness (QED) is 0.670. The molecule has 2 heterocycles. The summed E-state index contributed by atoms with van der Waals surface area (Å²) in [7, 11) is 0. The number of amides is 1. The number of aromatic nitrogens is 2. The molecule has 0 atom stereocenters. The number of hydrogen-bond donors (Lipinski definition) is 1. The highest BCUT2D eigenvalue weighted by Gasteiger charge is 2.13. The first-order valence-corrected chi connectivity index (χ1v) is 9.09. The van der Waals surface area contributed by atoms with Crippen molar-refractivity contribution in [1.82, 2.24) is 9.38 Å². The standard InChI is InChI=1S/C21H23N3O3/c1-4-11-27-21(26)15-7-6-8-17(12-15)22-20(25)16-9-10-19-23-18(5-2)14(3)24(19)13-16/h6-10,12-13H,4-5,11H2,1-3H3,(H,22,25). The highest BCUT2D eigenvalue weighted by Crippen LogP contribution is 2.16. The van der Waals surface area contributed by atoms with E-state index in [1.54, 1.807) is 36.5 Å². The molecule has 0 saturated carbocycles. The van der Waals surface area contributed by atoms with Crippen LogP contribution in [-0.4, -0.2) is 27.9 Å². The number of pyridine rings is 1. The first kappa shape index (κ1) is 18.6. The Bertz CT molecular complexity index is 992. The van der Waals surface area contributed by atoms with E-state index in [1.165, 1.54) is 0 Å². The van der Waals surface area contributed by atoms with Crippen LogP contribution in [0, 0.1) is 6.92 Å². The third-order valence-electron chi connectivity index (χ3n) is 4.35. The molecule has 6 heteroatoms. The van der Waals surface area contributed by atoms with E-state index in [0.29, 0.717) is 23.4 Å². The van der Waals surface area contributed by atoms with Crippen molar-refractivity contribution in [3.63, 3.8) is 0 Å². The lowest BCUT2D eigenvalue weighted by Crippen LogP contribution is -2.13. The van der Waals surface area contributed by atoms with Gasteiger partial charge in [-0.2, -0.15) is 0 Å². The Hall–Kier alpha value is -3.15. The number of carbonyl (C=O) groups is 2. The molecule has 1 amide bonds. The normalized spacial score (nSPS) is 10.8. The molecule has 0 bridgehead atoms. The number of ether oxygens (including phenoxy) is 1. The monoisotopic (exact) mass is 365 g/mol. The molecular weight excluding hydrogens is 342 g/mol. The number of anilines is 1. The van der Waals surface area contributed by atoms with Gasteiger partial charge in [0.25, 0.3) is 5.91 Å². The minimum Gasteiger partial charge on any atom is -0.462 e. The summed E-state index contributed by atoms with van der Waals surface area (Å²) < 4.78 is 7.06. The lowest BCUT2D eigenvalue weighted by molar-refractivity contribution is 0.0505. The Kier molecular flexibility index (Phi) is 5.54. The summed E-state index contributed by atoms with van der Waals surface area (Å²) in [5.41, 5.74) is 4.34. The van der Waals surface area contributed by atoms with Crippen LogP contribution < -0.4 is 5.32 Å². The smallest absolute Gasteiger partial charge is 0.338 e. The first-order valence-electron chi connectivity index (χ1n) is 9.09. The van der Waals surface area contributed by atoms with Crippen LogP contribution in [0.3, 0.4) is 0 Å². The van der Waals surface area contributed by atoms with E-state index in [9.17, 15) is 9.59 Å². The molecular formula is C21H23N3O3. The van der Waals surface area contributed by atoms with E-state index in [1.807, 2.05) is 24.3 Å². The predicted octanol–water partition coefficient (Wildman–Crippen LogP) is 4.02. The molecule has 3 rings (SSSR count). The van der Waals surface area contributed by atoms with E-state index >= 15 is 0 Å². The van der Waals surface area contributed by atoms with Gasteiger partial charge >= 0.3 is 5.97 Å². The first-order chi connectivity index (χ1) is 13.0. The molecule has 0 spiro atoms. The summed E-state index contributed by atoms with van der Waals surface area (Å²) in [4.78, 5) is 29.2. The van der Waals surface area contributed by atoms with E-state index in [4.69, 9.17) is 4.74 Å². The number of fused-ring (bicyclic) bond motifs is 1. The van der Waals surface area contributed by atoms with Gasteiger partial charge in [0, 0.05) is 17.6 Å². The zero-order valence-electron chi connectivity index (χ0n) is 15.8. The maximum Gasteiger partial charge on any atom is 0.338 e. The molecule has 0 aliphatic rings. The highest BCUT2D eigenvalue weighted by molar-refractivity contribution is 6.04. The average Bonchev–Trinajstić information content (AvgIpc) is 3.01. The van der Waals surface area contributed by atoms with E-state index in [0.717, 1.165) is 29.9 Å². The third kappa shape index (κ3) is 4.00. The van der Waals surface area contributed by atoms with Crippen LogP contribution in [0.4, 0.5) is 5.69 Å². The molecule has 2 aromatic heterocycles. The van der Waals surface area contributed by atoms with Crippen LogP contribution in [0.25, 0.3) is 5.65 Å². The molecule has 6 nitrogen and oxygen atoms in total. The Morgan fingerprint density at radius 3 is 2.70 bits per heavy atom. The van der Waals surface area contributed by atoms with Crippen LogP contribution in [0.1, 0.15) is 52.4 Å². The largest absolute Gasteiger partial charge is 0.462 e. The molecule has 3 aromatic rings. The zero-order valence-corrected chi connectivity index (χ0v) is 15.8. The van der Waals surface area contributed by atoms with Crippen molar-refractivity contribution in [2.75, 3.05) is 11.9 Å². The molecule has 0 aliphatic heterocycles. The van der Waals surface area contributed by atoms with Gasteiger partial charge in [0.05, 0.1) is 23.4 Å². The van der Waals surface area contributed by atoms with Gasteiger partial charge in [0.15, 0.2) is 0 Å². The van der Waals surface area contributed by atoms with Crippen LogP contribution in [-0.2, 0) is 11.2 Å². The summed E-state index contributed by atoms with van der Waals surface area (Å²) >= 11 is 0. The van der Waals surface area contributed by atoms with Gasteiger partial charge in [-0.1, -0.05) is 19.9 Å². The molecule has 0 unspecified atom stereocenters. The number of imidazole rings is 1. The average molecular weight is 365 g/mol. The van der Waals surface area contributed by atoms with Crippen molar-refractivity contribution in [3.05, 3.63) is 65.1 Å². The molecule has 140 valence electrons. The number of aryl methyl sites for hydroxylation is 2. The Labute approximate surface area is 158 Å². The molecule has 27 heavy (non-hydrogen) atoms. The van der Waals surface area contributed by atoms with Crippen molar-refractivity contribution in [1.29, 1.82) is 0 Å². The number of carbonyl (C=O) groups excluding carboxylic acids is 2. The Morgan fingerprint density at radius 1 is 1.15 bits per heavy atom. The number of esters is 1.